The molecule has 2 N–H and O–H groups in total. The molecule has 0 aliphatic heterocycles. The number of anilines is 1. The summed E-state index contributed by atoms with van der Waals surface area (Å²) in [5.41, 5.74) is 3.06. The molecule has 3 nitrogen and oxygen atoms in total. The fourth-order valence-electron chi connectivity index (χ4n) is 1.94. The van der Waals surface area contributed by atoms with Gasteiger partial charge in [0, 0.05) is 17.8 Å². The summed E-state index contributed by atoms with van der Waals surface area (Å²) in [6.07, 6.45) is 0. The van der Waals surface area contributed by atoms with Crippen LogP contribution in [0.1, 0.15) is 18.1 Å². The Hall–Kier alpha value is -2.16. The highest BCUT2D eigenvalue weighted by Gasteiger charge is 2.03. The molecule has 0 unspecified atom stereocenters. The van der Waals surface area contributed by atoms with Crippen molar-refractivity contribution in [1.29, 1.82) is 0 Å². The van der Waals surface area contributed by atoms with E-state index in [-0.39, 0.29) is 0 Å². The number of hydrogen-bond donors (Lipinski definition) is 2. The predicted octanol–water partition coefficient (Wildman–Crippen LogP) is 3.71. The lowest BCUT2D eigenvalue weighted by molar-refractivity contribution is 0.340. The summed E-state index contributed by atoms with van der Waals surface area (Å²) in [5.74, 6) is 1.20. The Morgan fingerprint density at radius 2 is 1.95 bits per heavy atom. The van der Waals surface area contributed by atoms with Crippen molar-refractivity contribution in [3.05, 3.63) is 53.6 Å². The van der Waals surface area contributed by atoms with E-state index in [2.05, 4.69) is 5.32 Å². The number of rotatable bonds is 5. The molecule has 0 spiro atoms. The van der Waals surface area contributed by atoms with E-state index in [9.17, 15) is 5.11 Å². The molecule has 0 amide bonds. The normalized spacial score (nSPS) is 10.2. The van der Waals surface area contributed by atoms with Gasteiger partial charge >= 0.3 is 0 Å². The highest BCUT2D eigenvalue weighted by molar-refractivity contribution is 5.54. The number of aromatic hydroxyl groups is 1. The lowest BCUT2D eigenvalue weighted by atomic mass is 10.1. The highest BCUT2D eigenvalue weighted by Crippen LogP contribution is 2.23. The zero-order chi connectivity index (χ0) is 13.7. The van der Waals surface area contributed by atoms with Crippen LogP contribution in [0.15, 0.2) is 42.5 Å². The molecule has 100 valence electrons. The minimum atomic E-state index is 0.318. The van der Waals surface area contributed by atoms with Crippen molar-refractivity contribution in [3.8, 4) is 11.5 Å². The molecule has 2 aromatic rings. The molecule has 0 aromatic heterocycles. The van der Waals surface area contributed by atoms with Crippen molar-refractivity contribution in [3.63, 3.8) is 0 Å². The number of nitrogens with one attached hydrogen (secondary N) is 1. The van der Waals surface area contributed by atoms with Crippen molar-refractivity contribution in [1.82, 2.24) is 0 Å². The second-order valence-electron chi connectivity index (χ2n) is 4.39. The van der Waals surface area contributed by atoms with Gasteiger partial charge in [-0.05, 0) is 43.7 Å². The molecule has 0 radical (unpaired) electrons. The molecule has 0 atom stereocenters. The summed E-state index contributed by atoms with van der Waals surface area (Å²) in [5, 5.41) is 13.0. The smallest absolute Gasteiger partial charge is 0.120 e. The Bertz CT molecular complexity index is 552. The highest BCUT2D eigenvalue weighted by atomic mass is 16.5. The van der Waals surface area contributed by atoms with E-state index in [0.29, 0.717) is 18.9 Å². The van der Waals surface area contributed by atoms with Crippen LogP contribution in [0.5, 0.6) is 11.5 Å². The molecule has 0 bridgehead atoms. The van der Waals surface area contributed by atoms with E-state index in [1.165, 1.54) is 0 Å². The van der Waals surface area contributed by atoms with E-state index in [1.54, 1.807) is 6.07 Å². The first kappa shape index (κ1) is 13.3. The maximum Gasteiger partial charge on any atom is 0.120 e. The van der Waals surface area contributed by atoms with Gasteiger partial charge in [-0.25, -0.2) is 0 Å². The van der Waals surface area contributed by atoms with Crippen molar-refractivity contribution < 1.29 is 9.84 Å². The predicted molar refractivity (Wildman–Crippen MR) is 77.8 cm³/mol. The van der Waals surface area contributed by atoms with E-state index in [1.807, 2.05) is 50.2 Å². The molecule has 0 saturated carbocycles. The number of ether oxygens (including phenoxy) is 1. The second kappa shape index (κ2) is 6.14. The van der Waals surface area contributed by atoms with Gasteiger partial charge < -0.3 is 15.2 Å². The quantitative estimate of drug-likeness (QED) is 0.858. The second-order valence-corrected chi connectivity index (χ2v) is 4.39. The molecule has 0 saturated heterocycles. The van der Waals surface area contributed by atoms with Crippen LogP contribution in [-0.2, 0) is 6.54 Å². The van der Waals surface area contributed by atoms with E-state index in [0.717, 1.165) is 22.6 Å². The summed E-state index contributed by atoms with van der Waals surface area (Å²) < 4.78 is 5.46. The molecule has 0 aliphatic carbocycles. The van der Waals surface area contributed by atoms with Gasteiger partial charge in [0.05, 0.1) is 6.61 Å². The third kappa shape index (κ3) is 3.41. The average Bonchev–Trinajstić information content (AvgIpc) is 2.40. The van der Waals surface area contributed by atoms with Crippen LogP contribution >= 0.6 is 0 Å². The summed E-state index contributed by atoms with van der Waals surface area (Å²) in [6.45, 7) is 5.28. The van der Waals surface area contributed by atoms with Crippen molar-refractivity contribution in [2.45, 2.75) is 20.4 Å². The third-order valence-corrected chi connectivity index (χ3v) is 2.97. The zero-order valence-electron chi connectivity index (χ0n) is 11.3. The van der Waals surface area contributed by atoms with Crippen LogP contribution in [-0.4, -0.2) is 11.7 Å². The fraction of sp³-hybridized carbons (Fsp3) is 0.250. The van der Waals surface area contributed by atoms with Crippen molar-refractivity contribution in [2.75, 3.05) is 11.9 Å². The number of aryl methyl sites for hydroxylation is 1. The van der Waals surface area contributed by atoms with Gasteiger partial charge in [0.25, 0.3) is 0 Å². The molecule has 2 rings (SSSR count). The minimum Gasteiger partial charge on any atom is -0.508 e. The molecule has 0 heterocycles. The first-order valence-electron chi connectivity index (χ1n) is 6.45. The van der Waals surface area contributed by atoms with Gasteiger partial charge in [0.2, 0.25) is 0 Å². The Morgan fingerprint density at radius 1 is 1.16 bits per heavy atom. The molecule has 0 aliphatic rings. The maximum atomic E-state index is 9.71. The molecule has 0 fully saturated rings. The zero-order valence-corrected chi connectivity index (χ0v) is 11.3. The standard InChI is InChI=1S/C16H19NO2/c1-3-19-14-8-9-15(12(2)10-14)17-11-13-6-4-5-7-16(13)18/h4-10,17-18H,3,11H2,1-2H3. The fourth-order valence-corrected chi connectivity index (χ4v) is 1.94. The van der Waals surface area contributed by atoms with Crippen LogP contribution in [0.2, 0.25) is 0 Å². The van der Waals surface area contributed by atoms with Gasteiger partial charge in [-0.2, -0.15) is 0 Å². The maximum absolute atomic E-state index is 9.71. The Kier molecular flexibility index (Phi) is 4.29. The molecule has 3 heteroatoms. The van der Waals surface area contributed by atoms with Crippen LogP contribution in [0.4, 0.5) is 5.69 Å². The minimum absolute atomic E-state index is 0.318. The van der Waals surface area contributed by atoms with Gasteiger partial charge in [-0.3, -0.25) is 0 Å². The Labute approximate surface area is 113 Å². The molecule has 19 heavy (non-hydrogen) atoms. The SMILES string of the molecule is CCOc1ccc(NCc2ccccc2O)c(C)c1. The number of phenolic OH excluding ortho intramolecular Hbond substituents is 1. The van der Waals surface area contributed by atoms with Crippen LogP contribution in [0.3, 0.4) is 0 Å². The number of phenols is 1. The summed E-state index contributed by atoms with van der Waals surface area (Å²) in [7, 11) is 0. The van der Waals surface area contributed by atoms with Crippen molar-refractivity contribution in [2.24, 2.45) is 0 Å². The van der Waals surface area contributed by atoms with Gasteiger partial charge in [0.1, 0.15) is 11.5 Å². The number of para-hydroxylation sites is 1. The van der Waals surface area contributed by atoms with Crippen molar-refractivity contribution >= 4 is 5.69 Å². The topological polar surface area (TPSA) is 41.5 Å². The Morgan fingerprint density at radius 3 is 2.63 bits per heavy atom. The third-order valence-electron chi connectivity index (χ3n) is 2.97. The Balaban J connectivity index is 2.06. The molecular weight excluding hydrogens is 238 g/mol. The van der Waals surface area contributed by atoms with E-state index < -0.39 is 0 Å². The van der Waals surface area contributed by atoms with E-state index >= 15 is 0 Å². The number of benzene rings is 2. The molecular formula is C16H19NO2. The van der Waals surface area contributed by atoms with Gasteiger partial charge in [-0.1, -0.05) is 18.2 Å². The monoisotopic (exact) mass is 257 g/mol. The van der Waals surface area contributed by atoms with Crippen LogP contribution < -0.4 is 10.1 Å². The summed E-state index contributed by atoms with van der Waals surface area (Å²) >= 11 is 0. The molecule has 2 aromatic carbocycles. The number of hydrogen-bond acceptors (Lipinski definition) is 3. The first-order chi connectivity index (χ1) is 9.20. The summed E-state index contributed by atoms with van der Waals surface area (Å²) in [4.78, 5) is 0. The van der Waals surface area contributed by atoms with Gasteiger partial charge in [0.15, 0.2) is 0 Å². The van der Waals surface area contributed by atoms with Gasteiger partial charge in [-0.15, -0.1) is 0 Å². The van der Waals surface area contributed by atoms with Crippen LogP contribution in [0, 0.1) is 6.92 Å². The largest absolute Gasteiger partial charge is 0.508 e. The first-order valence-corrected chi connectivity index (χ1v) is 6.45. The summed E-state index contributed by atoms with van der Waals surface area (Å²) in [6, 6.07) is 13.3. The van der Waals surface area contributed by atoms with Crippen LogP contribution in [0.25, 0.3) is 0 Å². The average molecular weight is 257 g/mol. The van der Waals surface area contributed by atoms with E-state index in [4.69, 9.17) is 4.74 Å². The lowest BCUT2D eigenvalue weighted by Crippen LogP contribution is -2.01. The lowest BCUT2D eigenvalue weighted by Gasteiger charge is -2.12.